The number of pyridine rings is 2. The Labute approximate surface area is 171 Å². The van der Waals surface area contributed by atoms with Gasteiger partial charge in [0.25, 0.3) is 5.69 Å². The van der Waals surface area contributed by atoms with Crippen LogP contribution in [0.3, 0.4) is 0 Å². The van der Waals surface area contributed by atoms with Crippen LogP contribution in [-0.2, 0) is 21.1 Å². The van der Waals surface area contributed by atoms with Crippen LogP contribution in [0.2, 0.25) is 0 Å². The van der Waals surface area contributed by atoms with Gasteiger partial charge >= 0.3 is 11.5 Å². The van der Waals surface area contributed by atoms with Crippen molar-refractivity contribution in [2.45, 2.75) is 0 Å². The Morgan fingerprint density at radius 1 is 0.897 bits per heavy atom. The van der Waals surface area contributed by atoms with E-state index < -0.39 is 0 Å². The van der Waals surface area contributed by atoms with E-state index in [1.165, 1.54) is 11.3 Å². The van der Waals surface area contributed by atoms with Crippen LogP contribution in [0.25, 0.3) is 34.8 Å². The lowest BCUT2D eigenvalue weighted by molar-refractivity contribution is -0.660. The maximum atomic E-state index is 4.90. The van der Waals surface area contributed by atoms with E-state index in [0.717, 1.165) is 28.2 Å². The molecule has 3 heterocycles. The van der Waals surface area contributed by atoms with Crippen LogP contribution < -0.4 is 14.0 Å². The molecule has 0 atom stereocenters. The van der Waals surface area contributed by atoms with Gasteiger partial charge in [-0.1, -0.05) is 24.3 Å². The molecule has 0 unspecified atom stereocenters. The maximum absolute atomic E-state index is 4.90. The fourth-order valence-corrected chi connectivity index (χ4v) is 3.49. The number of aryl methyl sites for hydroxylation is 3. The molecule has 0 aliphatic carbocycles. The van der Waals surface area contributed by atoms with E-state index in [-0.39, 0.29) is 0 Å². The highest BCUT2D eigenvalue weighted by Crippen LogP contribution is 2.21. The first-order chi connectivity index (χ1) is 13.9. The van der Waals surface area contributed by atoms with Crippen molar-refractivity contribution < 1.29 is 9.13 Å². The lowest BCUT2D eigenvalue weighted by Crippen LogP contribution is -2.31. The molecule has 146 valence electrons. The number of hydrogen-bond acceptors (Lipinski definition) is 2. The molecule has 0 aliphatic rings. The topological polar surface area (TPSA) is 28.8 Å². The molecule has 3 aromatic heterocycles. The van der Waals surface area contributed by atoms with Gasteiger partial charge in [-0.2, -0.15) is 4.57 Å². The second kappa shape index (κ2) is 7.51. The summed E-state index contributed by atoms with van der Waals surface area (Å²) in [4.78, 5) is 7.01. The average molecular weight is 386 g/mol. The largest absolute Gasteiger partial charge is 0.378 e. The van der Waals surface area contributed by atoms with Gasteiger partial charge < -0.3 is 4.90 Å². The first kappa shape index (κ1) is 18.9. The summed E-state index contributed by atoms with van der Waals surface area (Å²) in [6.07, 6.45) is 8.41. The summed E-state index contributed by atoms with van der Waals surface area (Å²) in [5, 5.41) is 0. The van der Waals surface area contributed by atoms with Gasteiger partial charge in [0.2, 0.25) is 0 Å². The third kappa shape index (κ3) is 3.63. The van der Waals surface area contributed by atoms with E-state index in [1.807, 2.05) is 13.2 Å². The third-order valence-electron chi connectivity index (χ3n) is 5.30. The van der Waals surface area contributed by atoms with Crippen LogP contribution in [-0.4, -0.2) is 23.6 Å². The number of anilines is 1. The normalized spacial score (nSPS) is 11.5. The molecular formula is C24H27N5+2. The van der Waals surface area contributed by atoms with Crippen LogP contribution in [0.15, 0.2) is 60.9 Å². The van der Waals surface area contributed by atoms with E-state index in [0.29, 0.717) is 0 Å². The zero-order valence-corrected chi connectivity index (χ0v) is 17.7. The molecule has 29 heavy (non-hydrogen) atoms. The highest BCUT2D eigenvalue weighted by Gasteiger charge is 2.25. The van der Waals surface area contributed by atoms with Crippen molar-refractivity contribution in [3.8, 4) is 11.5 Å². The average Bonchev–Trinajstić information content (AvgIpc) is 3.05. The first-order valence-electron chi connectivity index (χ1n) is 9.70. The summed E-state index contributed by atoms with van der Waals surface area (Å²) in [6.45, 7) is 0. The Kier molecular flexibility index (Phi) is 4.89. The summed E-state index contributed by atoms with van der Waals surface area (Å²) in [7, 11) is 10.3. The number of imidazole rings is 1. The molecule has 1 aromatic carbocycles. The van der Waals surface area contributed by atoms with Crippen molar-refractivity contribution >= 4 is 29.0 Å². The second-order valence-electron chi connectivity index (χ2n) is 7.60. The van der Waals surface area contributed by atoms with Crippen molar-refractivity contribution in [1.82, 2.24) is 9.55 Å². The molecule has 4 aromatic rings. The Bertz CT molecular complexity index is 1200. The number of rotatable bonds is 4. The van der Waals surface area contributed by atoms with Gasteiger partial charge in [0, 0.05) is 39.0 Å². The van der Waals surface area contributed by atoms with Crippen molar-refractivity contribution in [1.29, 1.82) is 0 Å². The van der Waals surface area contributed by atoms with Crippen molar-refractivity contribution in [2.24, 2.45) is 21.1 Å². The molecule has 5 heteroatoms. The summed E-state index contributed by atoms with van der Waals surface area (Å²) >= 11 is 0. The van der Waals surface area contributed by atoms with Crippen LogP contribution in [0.5, 0.6) is 0 Å². The number of benzene rings is 1. The van der Waals surface area contributed by atoms with Gasteiger partial charge in [-0.15, -0.1) is 0 Å². The number of aromatic nitrogens is 4. The smallest absolute Gasteiger partial charge is 0.349 e. The predicted octanol–water partition coefficient (Wildman–Crippen LogP) is 3.13. The van der Waals surface area contributed by atoms with Crippen LogP contribution in [0, 0.1) is 0 Å². The maximum Gasteiger partial charge on any atom is 0.349 e. The molecule has 0 saturated carbocycles. The molecule has 0 amide bonds. The summed E-state index contributed by atoms with van der Waals surface area (Å²) in [5.41, 5.74) is 6.70. The quantitative estimate of drug-likeness (QED) is 0.505. The molecule has 0 radical (unpaired) electrons. The number of hydrogen-bond donors (Lipinski definition) is 0. The highest BCUT2D eigenvalue weighted by molar-refractivity contribution is 5.75. The van der Waals surface area contributed by atoms with E-state index in [1.54, 1.807) is 0 Å². The van der Waals surface area contributed by atoms with Crippen LogP contribution in [0.1, 0.15) is 11.1 Å². The Balaban J connectivity index is 1.70. The minimum absolute atomic E-state index is 0.954. The lowest BCUT2D eigenvalue weighted by Gasteiger charge is -2.11. The van der Waals surface area contributed by atoms with E-state index in [4.69, 9.17) is 4.98 Å². The van der Waals surface area contributed by atoms with E-state index >= 15 is 0 Å². The number of nitrogens with zero attached hydrogens (tertiary/aromatic N) is 5. The van der Waals surface area contributed by atoms with Crippen molar-refractivity contribution in [3.63, 3.8) is 0 Å². The van der Waals surface area contributed by atoms with Crippen LogP contribution in [0.4, 0.5) is 5.69 Å². The zero-order valence-electron chi connectivity index (χ0n) is 17.7. The first-order valence-corrected chi connectivity index (χ1v) is 9.70. The molecule has 0 bridgehead atoms. The summed E-state index contributed by atoms with van der Waals surface area (Å²) in [6, 6.07) is 17.0. The lowest BCUT2D eigenvalue weighted by atomic mass is 10.1. The van der Waals surface area contributed by atoms with Crippen LogP contribution >= 0.6 is 0 Å². The molecule has 4 rings (SSSR count). The predicted molar refractivity (Wildman–Crippen MR) is 118 cm³/mol. The molecule has 0 saturated heterocycles. The van der Waals surface area contributed by atoms with Gasteiger partial charge in [0.1, 0.15) is 12.6 Å². The fraction of sp³-hybridized carbons (Fsp3) is 0.208. The molecule has 0 N–H and O–H groups in total. The molecular weight excluding hydrogens is 358 g/mol. The minimum atomic E-state index is 0.954. The number of fused-ring (bicyclic) bond motifs is 1. The summed E-state index contributed by atoms with van der Waals surface area (Å²) in [5.74, 6) is 0.954. The molecule has 0 spiro atoms. The monoisotopic (exact) mass is 385 g/mol. The van der Waals surface area contributed by atoms with E-state index in [2.05, 4.69) is 114 Å². The standard InChI is InChI=1S/C24H27N5/c1-26(2)20-12-10-18(11-13-20)8-9-19-14-16-27(3)22(17-19)24-25-23-21(29(24)5)7-6-15-28(23)4/h6-17H,1-5H3/q+2. The van der Waals surface area contributed by atoms with Gasteiger partial charge in [0.05, 0.1) is 13.2 Å². The highest BCUT2D eigenvalue weighted by atomic mass is 15.1. The SMILES string of the molecule is CN(C)c1ccc(/C=C\c2cc[n+](C)c(-c3nc4c(ccc[n+]4C)n3C)c2)cc1. The fourth-order valence-electron chi connectivity index (χ4n) is 3.49. The second-order valence-corrected chi connectivity index (χ2v) is 7.60. The Morgan fingerprint density at radius 2 is 1.62 bits per heavy atom. The molecule has 5 nitrogen and oxygen atoms in total. The third-order valence-corrected chi connectivity index (χ3v) is 5.30. The Hall–Kier alpha value is -3.47. The molecule has 0 fully saturated rings. The Morgan fingerprint density at radius 3 is 2.31 bits per heavy atom. The van der Waals surface area contributed by atoms with E-state index in [9.17, 15) is 0 Å². The van der Waals surface area contributed by atoms with Gasteiger partial charge in [-0.05, 0) is 40.4 Å². The van der Waals surface area contributed by atoms with Crippen molar-refractivity contribution in [3.05, 3.63) is 72.1 Å². The van der Waals surface area contributed by atoms with Crippen molar-refractivity contribution in [2.75, 3.05) is 19.0 Å². The summed E-state index contributed by atoms with van der Waals surface area (Å²) < 4.78 is 6.32. The van der Waals surface area contributed by atoms with Gasteiger partial charge in [-0.3, -0.25) is 4.57 Å². The van der Waals surface area contributed by atoms with Gasteiger partial charge in [-0.25, -0.2) is 4.57 Å². The molecule has 0 aliphatic heterocycles. The van der Waals surface area contributed by atoms with Gasteiger partial charge in [0.15, 0.2) is 6.20 Å². The minimum Gasteiger partial charge on any atom is -0.378 e. The zero-order chi connectivity index (χ0) is 20.5.